The van der Waals surface area contributed by atoms with Crippen LogP contribution in [0.1, 0.15) is 49.9 Å². The topological polar surface area (TPSA) is 73.6 Å². The van der Waals surface area contributed by atoms with Crippen molar-refractivity contribution in [3.63, 3.8) is 0 Å². The number of nitrogens with one attached hydrogen (secondary N) is 1. The Labute approximate surface area is 155 Å². The molecule has 1 amide bonds. The minimum absolute atomic E-state index is 0.199. The van der Waals surface area contributed by atoms with E-state index in [4.69, 9.17) is 15.2 Å². The standard InChI is InChI=1S/C21H28N2O3/c1-3-5-12-25-19-15-18(20(14-17(19)22)26-13-6-4-2)23-21(24)16-10-8-7-9-11-16/h7-11,14-15H,3-6,12-13,22H2,1-2H3,(H,23,24). The first-order valence-electron chi connectivity index (χ1n) is 9.21. The molecule has 0 spiro atoms. The zero-order valence-corrected chi connectivity index (χ0v) is 15.6. The number of benzene rings is 2. The van der Waals surface area contributed by atoms with Crippen molar-refractivity contribution in [2.45, 2.75) is 39.5 Å². The van der Waals surface area contributed by atoms with Gasteiger partial charge < -0.3 is 20.5 Å². The van der Waals surface area contributed by atoms with Crippen molar-refractivity contribution in [2.75, 3.05) is 24.3 Å². The van der Waals surface area contributed by atoms with Crippen LogP contribution in [-0.2, 0) is 0 Å². The molecule has 0 radical (unpaired) electrons. The molecule has 0 bridgehead atoms. The van der Waals surface area contributed by atoms with Gasteiger partial charge in [-0.15, -0.1) is 0 Å². The third-order valence-electron chi connectivity index (χ3n) is 3.91. The Bertz CT molecular complexity index is 702. The van der Waals surface area contributed by atoms with Crippen molar-refractivity contribution in [3.05, 3.63) is 48.0 Å². The minimum Gasteiger partial charge on any atom is -0.491 e. The van der Waals surface area contributed by atoms with Crippen LogP contribution < -0.4 is 20.5 Å². The van der Waals surface area contributed by atoms with Gasteiger partial charge in [-0.25, -0.2) is 0 Å². The Morgan fingerprint density at radius 1 is 0.962 bits per heavy atom. The molecular weight excluding hydrogens is 328 g/mol. The number of nitrogens with two attached hydrogens (primary N) is 1. The number of anilines is 2. The van der Waals surface area contributed by atoms with E-state index in [1.54, 1.807) is 24.3 Å². The average molecular weight is 356 g/mol. The van der Waals surface area contributed by atoms with E-state index in [1.807, 2.05) is 18.2 Å². The average Bonchev–Trinajstić information content (AvgIpc) is 2.65. The second-order valence-corrected chi connectivity index (χ2v) is 6.11. The molecule has 0 aromatic heterocycles. The van der Waals surface area contributed by atoms with Crippen molar-refractivity contribution < 1.29 is 14.3 Å². The molecule has 0 atom stereocenters. The number of hydrogen-bond donors (Lipinski definition) is 2. The first kappa shape index (κ1) is 19.6. The van der Waals surface area contributed by atoms with Crippen LogP contribution in [-0.4, -0.2) is 19.1 Å². The van der Waals surface area contributed by atoms with Crippen molar-refractivity contribution >= 4 is 17.3 Å². The highest BCUT2D eigenvalue weighted by Gasteiger charge is 2.14. The molecule has 2 rings (SSSR count). The second kappa shape index (κ2) is 10.3. The Morgan fingerprint density at radius 3 is 2.19 bits per heavy atom. The molecule has 26 heavy (non-hydrogen) atoms. The summed E-state index contributed by atoms with van der Waals surface area (Å²) >= 11 is 0. The zero-order valence-electron chi connectivity index (χ0n) is 15.6. The predicted octanol–water partition coefficient (Wildman–Crippen LogP) is 4.88. The Kier molecular flexibility index (Phi) is 7.80. The summed E-state index contributed by atoms with van der Waals surface area (Å²) in [6.45, 7) is 5.35. The highest BCUT2D eigenvalue weighted by atomic mass is 16.5. The van der Waals surface area contributed by atoms with Gasteiger partial charge in [0.2, 0.25) is 0 Å². The monoisotopic (exact) mass is 356 g/mol. The summed E-state index contributed by atoms with van der Waals surface area (Å²) in [7, 11) is 0. The maximum absolute atomic E-state index is 12.5. The Balaban J connectivity index is 2.23. The number of unbranched alkanes of at least 4 members (excludes halogenated alkanes) is 2. The van der Waals surface area contributed by atoms with Crippen LogP contribution in [0.15, 0.2) is 42.5 Å². The number of amides is 1. The molecule has 5 nitrogen and oxygen atoms in total. The van der Waals surface area contributed by atoms with Gasteiger partial charge in [-0.05, 0) is 25.0 Å². The van der Waals surface area contributed by atoms with Crippen molar-refractivity contribution in [1.29, 1.82) is 0 Å². The van der Waals surface area contributed by atoms with E-state index in [0.29, 0.717) is 41.7 Å². The van der Waals surface area contributed by atoms with Gasteiger partial charge in [0.05, 0.1) is 24.6 Å². The highest BCUT2D eigenvalue weighted by Crippen LogP contribution is 2.35. The van der Waals surface area contributed by atoms with Gasteiger partial charge in [-0.1, -0.05) is 44.9 Å². The van der Waals surface area contributed by atoms with Crippen LogP contribution >= 0.6 is 0 Å². The molecule has 0 aliphatic carbocycles. The molecule has 5 heteroatoms. The van der Waals surface area contributed by atoms with Gasteiger partial charge in [0.1, 0.15) is 11.5 Å². The fourth-order valence-electron chi connectivity index (χ4n) is 2.35. The van der Waals surface area contributed by atoms with E-state index < -0.39 is 0 Å². The number of ether oxygens (including phenoxy) is 2. The van der Waals surface area contributed by atoms with Crippen LogP contribution in [0.4, 0.5) is 11.4 Å². The van der Waals surface area contributed by atoms with Crippen molar-refractivity contribution in [2.24, 2.45) is 0 Å². The fourth-order valence-corrected chi connectivity index (χ4v) is 2.35. The SMILES string of the molecule is CCCCOc1cc(NC(=O)c2ccccc2)c(OCCCC)cc1N. The third-order valence-corrected chi connectivity index (χ3v) is 3.91. The smallest absolute Gasteiger partial charge is 0.255 e. The lowest BCUT2D eigenvalue weighted by Gasteiger charge is -2.16. The summed E-state index contributed by atoms with van der Waals surface area (Å²) in [5.74, 6) is 0.919. The van der Waals surface area contributed by atoms with E-state index >= 15 is 0 Å². The predicted molar refractivity (Wildman–Crippen MR) is 106 cm³/mol. The van der Waals surface area contributed by atoms with Crippen LogP contribution in [0.3, 0.4) is 0 Å². The summed E-state index contributed by atoms with van der Waals surface area (Å²) in [6.07, 6.45) is 3.94. The molecule has 0 aliphatic rings. The number of rotatable bonds is 10. The maximum Gasteiger partial charge on any atom is 0.255 e. The van der Waals surface area contributed by atoms with Gasteiger partial charge in [0, 0.05) is 17.7 Å². The van der Waals surface area contributed by atoms with Gasteiger partial charge >= 0.3 is 0 Å². The lowest BCUT2D eigenvalue weighted by Crippen LogP contribution is -2.14. The first-order valence-corrected chi connectivity index (χ1v) is 9.21. The zero-order chi connectivity index (χ0) is 18.8. The van der Waals surface area contributed by atoms with Crippen molar-refractivity contribution in [3.8, 4) is 11.5 Å². The summed E-state index contributed by atoms with van der Waals surface area (Å²) < 4.78 is 11.6. The molecule has 0 fully saturated rings. The number of carbonyl (C=O) groups excluding carboxylic acids is 1. The lowest BCUT2D eigenvalue weighted by molar-refractivity contribution is 0.102. The normalized spacial score (nSPS) is 10.4. The van der Waals surface area contributed by atoms with E-state index in [1.165, 1.54) is 0 Å². The summed E-state index contributed by atoms with van der Waals surface area (Å²) in [4.78, 5) is 12.5. The molecule has 0 heterocycles. The Morgan fingerprint density at radius 2 is 1.58 bits per heavy atom. The fraction of sp³-hybridized carbons (Fsp3) is 0.381. The molecular formula is C21H28N2O3. The number of carbonyl (C=O) groups is 1. The largest absolute Gasteiger partial charge is 0.491 e. The van der Waals surface area contributed by atoms with E-state index in [9.17, 15) is 4.79 Å². The molecule has 140 valence electrons. The Hall–Kier alpha value is -2.69. The second-order valence-electron chi connectivity index (χ2n) is 6.11. The number of nitrogen functional groups attached to an aromatic ring is 1. The summed E-state index contributed by atoms with van der Waals surface area (Å²) in [5.41, 5.74) is 7.75. The summed E-state index contributed by atoms with van der Waals surface area (Å²) in [6, 6.07) is 12.5. The van der Waals surface area contributed by atoms with Crippen LogP contribution in [0, 0.1) is 0 Å². The van der Waals surface area contributed by atoms with Gasteiger partial charge in [-0.3, -0.25) is 4.79 Å². The van der Waals surface area contributed by atoms with Crippen LogP contribution in [0.5, 0.6) is 11.5 Å². The van der Waals surface area contributed by atoms with E-state index in [2.05, 4.69) is 19.2 Å². The molecule has 2 aromatic rings. The van der Waals surface area contributed by atoms with Crippen LogP contribution in [0.25, 0.3) is 0 Å². The van der Waals surface area contributed by atoms with E-state index in [-0.39, 0.29) is 5.91 Å². The maximum atomic E-state index is 12.5. The molecule has 0 saturated carbocycles. The van der Waals surface area contributed by atoms with Gasteiger partial charge in [-0.2, -0.15) is 0 Å². The highest BCUT2D eigenvalue weighted by molar-refractivity contribution is 6.05. The number of hydrogen-bond acceptors (Lipinski definition) is 4. The van der Waals surface area contributed by atoms with Crippen molar-refractivity contribution in [1.82, 2.24) is 0 Å². The third kappa shape index (κ3) is 5.69. The quantitative estimate of drug-likeness (QED) is 0.470. The molecule has 3 N–H and O–H groups in total. The first-order chi connectivity index (χ1) is 12.7. The molecule has 0 unspecified atom stereocenters. The molecule has 0 aliphatic heterocycles. The van der Waals surface area contributed by atoms with Gasteiger partial charge in [0.15, 0.2) is 0 Å². The molecule has 0 saturated heterocycles. The minimum atomic E-state index is -0.199. The summed E-state index contributed by atoms with van der Waals surface area (Å²) in [5, 5.41) is 2.91. The lowest BCUT2D eigenvalue weighted by atomic mass is 10.2. The van der Waals surface area contributed by atoms with E-state index in [0.717, 1.165) is 25.7 Å². The van der Waals surface area contributed by atoms with Crippen LogP contribution in [0.2, 0.25) is 0 Å². The molecule has 2 aromatic carbocycles. The van der Waals surface area contributed by atoms with Gasteiger partial charge in [0.25, 0.3) is 5.91 Å².